The third-order valence-corrected chi connectivity index (χ3v) is 5.35. The molecule has 0 unspecified atom stereocenters. The number of hydrogen-bond donors (Lipinski definition) is 0. The lowest BCUT2D eigenvalue weighted by Crippen LogP contribution is -2.32. The number of nitrogens with zero attached hydrogens (tertiary/aromatic N) is 4. The molecule has 3 heterocycles. The predicted molar refractivity (Wildman–Crippen MR) is 119 cm³/mol. The molecule has 4 aromatic rings. The third-order valence-electron chi connectivity index (χ3n) is 5.35. The summed E-state index contributed by atoms with van der Waals surface area (Å²) < 4.78 is 7.63. The van der Waals surface area contributed by atoms with Crippen molar-refractivity contribution in [3.05, 3.63) is 96.6 Å². The van der Waals surface area contributed by atoms with Crippen LogP contribution in [0.3, 0.4) is 0 Å². The average Bonchev–Trinajstić information content (AvgIpc) is 3.55. The van der Waals surface area contributed by atoms with E-state index in [1.54, 1.807) is 11.2 Å². The van der Waals surface area contributed by atoms with Crippen molar-refractivity contribution in [2.45, 2.75) is 19.4 Å². The van der Waals surface area contributed by atoms with Crippen LogP contribution in [0.25, 0.3) is 17.1 Å². The van der Waals surface area contributed by atoms with E-state index in [0.717, 1.165) is 34.4 Å². The molecule has 1 amide bonds. The Balaban J connectivity index is 1.38. The number of amidine groups is 1. The molecular formula is C25H22N4O2. The highest BCUT2D eigenvalue weighted by molar-refractivity contribution is 6.04. The Morgan fingerprint density at radius 2 is 1.68 bits per heavy atom. The predicted octanol–water partition coefficient (Wildman–Crippen LogP) is 4.51. The van der Waals surface area contributed by atoms with Gasteiger partial charge in [0.05, 0.1) is 12.8 Å². The molecule has 0 bridgehead atoms. The third kappa shape index (κ3) is 4.05. The van der Waals surface area contributed by atoms with Crippen LogP contribution < -0.4 is 0 Å². The van der Waals surface area contributed by atoms with E-state index in [2.05, 4.69) is 21.7 Å². The lowest BCUT2D eigenvalue weighted by atomic mass is 10.2. The highest BCUT2D eigenvalue weighted by Gasteiger charge is 2.25. The lowest BCUT2D eigenvalue weighted by molar-refractivity contribution is -0.125. The first-order valence-corrected chi connectivity index (χ1v) is 10.3. The van der Waals surface area contributed by atoms with Crippen LogP contribution >= 0.6 is 0 Å². The van der Waals surface area contributed by atoms with Crippen LogP contribution in [0.15, 0.2) is 94.7 Å². The van der Waals surface area contributed by atoms with E-state index < -0.39 is 0 Å². The molecule has 2 aromatic heterocycles. The van der Waals surface area contributed by atoms with Crippen LogP contribution in [-0.2, 0) is 17.8 Å². The molecule has 6 nitrogen and oxygen atoms in total. The van der Waals surface area contributed by atoms with Gasteiger partial charge >= 0.3 is 0 Å². The van der Waals surface area contributed by atoms with Gasteiger partial charge in [0, 0.05) is 24.7 Å². The van der Waals surface area contributed by atoms with Crippen LogP contribution in [0.1, 0.15) is 17.8 Å². The number of hydrogen-bond acceptors (Lipinski definition) is 4. The second-order valence-electron chi connectivity index (χ2n) is 7.42. The summed E-state index contributed by atoms with van der Waals surface area (Å²) in [5.74, 6) is 2.49. The first-order valence-electron chi connectivity index (χ1n) is 10.3. The number of rotatable bonds is 7. The number of carbonyl (C=O) groups excluding carboxylic acids is 1. The first-order chi connectivity index (χ1) is 15.3. The number of furan rings is 1. The number of aromatic nitrogens is 2. The molecule has 0 atom stereocenters. The molecule has 2 aromatic carbocycles. The Hall–Kier alpha value is -3.93. The van der Waals surface area contributed by atoms with E-state index in [1.807, 2.05) is 66.9 Å². The number of carbonyl (C=O) groups is 1. The van der Waals surface area contributed by atoms with Crippen molar-refractivity contribution in [2.75, 3.05) is 6.54 Å². The Labute approximate surface area is 180 Å². The van der Waals surface area contributed by atoms with Gasteiger partial charge in [-0.05, 0) is 29.8 Å². The van der Waals surface area contributed by atoms with Crippen LogP contribution in [0.5, 0.6) is 0 Å². The van der Waals surface area contributed by atoms with Crippen molar-refractivity contribution in [1.29, 1.82) is 0 Å². The molecule has 0 fully saturated rings. The standard InChI is InChI=1S/C25H22N4O2/c30-25-16-26-23(29(25)17-19-8-3-1-4-9-19)13-14-24-27-21(22-12-7-15-31-22)18-28(24)20-10-5-2-6-11-20/h1-12,15,18H,13-14,16-17H2. The summed E-state index contributed by atoms with van der Waals surface area (Å²) in [7, 11) is 0. The number of para-hydroxylation sites is 1. The molecule has 0 spiro atoms. The lowest BCUT2D eigenvalue weighted by Gasteiger charge is -2.19. The summed E-state index contributed by atoms with van der Waals surface area (Å²) in [4.78, 5) is 23.6. The maximum absolute atomic E-state index is 12.4. The molecule has 0 saturated carbocycles. The summed E-state index contributed by atoms with van der Waals surface area (Å²) in [6, 6.07) is 23.9. The SMILES string of the molecule is O=C1CN=C(CCc2nc(-c3ccco3)cn2-c2ccccc2)N1Cc1ccccc1. The molecule has 1 aliphatic heterocycles. The summed E-state index contributed by atoms with van der Waals surface area (Å²) in [6.07, 6.45) is 4.94. The zero-order chi connectivity index (χ0) is 21.0. The van der Waals surface area contributed by atoms with Crippen LogP contribution in [0, 0.1) is 0 Å². The van der Waals surface area contributed by atoms with Crippen molar-refractivity contribution in [2.24, 2.45) is 4.99 Å². The van der Waals surface area contributed by atoms with Gasteiger partial charge in [-0.1, -0.05) is 48.5 Å². The molecule has 0 aliphatic carbocycles. The highest BCUT2D eigenvalue weighted by atomic mass is 16.3. The van der Waals surface area contributed by atoms with Crippen LogP contribution in [0.2, 0.25) is 0 Å². The molecular weight excluding hydrogens is 388 g/mol. The zero-order valence-corrected chi connectivity index (χ0v) is 17.0. The summed E-state index contributed by atoms with van der Waals surface area (Å²) >= 11 is 0. The van der Waals surface area contributed by atoms with Gasteiger partial charge in [-0.15, -0.1) is 0 Å². The van der Waals surface area contributed by atoms with Gasteiger partial charge in [0.25, 0.3) is 0 Å². The summed E-state index contributed by atoms with van der Waals surface area (Å²) in [5.41, 5.74) is 2.92. The molecule has 0 N–H and O–H groups in total. The molecule has 31 heavy (non-hydrogen) atoms. The summed E-state index contributed by atoms with van der Waals surface area (Å²) in [5, 5.41) is 0. The largest absolute Gasteiger partial charge is 0.463 e. The molecule has 1 aliphatic rings. The van der Waals surface area contributed by atoms with E-state index in [-0.39, 0.29) is 12.5 Å². The van der Waals surface area contributed by atoms with E-state index in [0.29, 0.717) is 19.4 Å². The first kappa shape index (κ1) is 19.1. The highest BCUT2D eigenvalue weighted by Crippen LogP contribution is 2.23. The second kappa shape index (κ2) is 8.44. The second-order valence-corrected chi connectivity index (χ2v) is 7.42. The van der Waals surface area contributed by atoms with Gasteiger partial charge in [-0.25, -0.2) is 4.98 Å². The van der Waals surface area contributed by atoms with Crippen LogP contribution in [-0.4, -0.2) is 32.7 Å². The average molecular weight is 410 g/mol. The van der Waals surface area contributed by atoms with E-state index >= 15 is 0 Å². The minimum Gasteiger partial charge on any atom is -0.463 e. The monoisotopic (exact) mass is 410 g/mol. The Morgan fingerprint density at radius 1 is 0.903 bits per heavy atom. The number of imidazole rings is 1. The minimum atomic E-state index is 0.0431. The van der Waals surface area contributed by atoms with Crippen molar-refractivity contribution < 1.29 is 9.21 Å². The zero-order valence-electron chi connectivity index (χ0n) is 17.0. The number of benzene rings is 2. The number of aryl methyl sites for hydroxylation is 1. The Kier molecular flexibility index (Phi) is 5.19. The van der Waals surface area contributed by atoms with Crippen molar-refractivity contribution >= 4 is 11.7 Å². The number of amides is 1. The van der Waals surface area contributed by atoms with E-state index in [4.69, 9.17) is 9.40 Å². The van der Waals surface area contributed by atoms with Gasteiger partial charge < -0.3 is 8.98 Å². The Morgan fingerprint density at radius 3 is 2.42 bits per heavy atom. The Bertz CT molecular complexity index is 1200. The molecule has 0 radical (unpaired) electrons. The minimum absolute atomic E-state index is 0.0431. The normalized spacial score (nSPS) is 13.6. The molecule has 154 valence electrons. The fraction of sp³-hybridized carbons (Fsp3) is 0.160. The van der Waals surface area contributed by atoms with Gasteiger partial charge in [-0.2, -0.15) is 0 Å². The van der Waals surface area contributed by atoms with Crippen LogP contribution in [0.4, 0.5) is 0 Å². The fourth-order valence-corrected chi connectivity index (χ4v) is 3.81. The van der Waals surface area contributed by atoms with E-state index in [9.17, 15) is 4.79 Å². The molecule has 6 heteroatoms. The molecule has 5 rings (SSSR count). The topological polar surface area (TPSA) is 63.6 Å². The van der Waals surface area contributed by atoms with Crippen molar-refractivity contribution in [3.8, 4) is 17.1 Å². The number of aliphatic imine (C=N–C) groups is 1. The van der Waals surface area contributed by atoms with Gasteiger partial charge in [0.1, 0.15) is 23.9 Å². The summed E-state index contributed by atoms with van der Waals surface area (Å²) in [6.45, 7) is 0.760. The van der Waals surface area contributed by atoms with Gasteiger partial charge in [0.2, 0.25) is 5.91 Å². The van der Waals surface area contributed by atoms with E-state index in [1.165, 1.54) is 0 Å². The van der Waals surface area contributed by atoms with Crippen molar-refractivity contribution in [1.82, 2.24) is 14.5 Å². The quantitative estimate of drug-likeness (QED) is 0.450. The maximum atomic E-state index is 12.4. The van der Waals surface area contributed by atoms with Crippen molar-refractivity contribution in [3.63, 3.8) is 0 Å². The van der Waals surface area contributed by atoms with Gasteiger partial charge in [0.15, 0.2) is 5.76 Å². The fourth-order valence-electron chi connectivity index (χ4n) is 3.81. The van der Waals surface area contributed by atoms with Gasteiger partial charge in [-0.3, -0.25) is 14.7 Å². The molecule has 0 saturated heterocycles. The maximum Gasteiger partial charge on any atom is 0.249 e. The smallest absolute Gasteiger partial charge is 0.249 e.